The minimum absolute atomic E-state index is 0.204. The molecule has 0 unspecified atom stereocenters. The second-order valence-electron chi connectivity index (χ2n) is 8.15. The van der Waals surface area contributed by atoms with Crippen molar-refractivity contribution in [3.63, 3.8) is 0 Å². The van der Waals surface area contributed by atoms with Gasteiger partial charge in [0.1, 0.15) is 5.56 Å². The van der Waals surface area contributed by atoms with Crippen molar-refractivity contribution >= 4 is 17.5 Å². The smallest absolute Gasteiger partial charge is 0.256 e. The predicted molar refractivity (Wildman–Crippen MR) is 127 cm³/mol. The molecule has 0 radical (unpaired) electrons. The van der Waals surface area contributed by atoms with E-state index in [1.165, 1.54) is 0 Å². The molecule has 1 fully saturated rings. The molecule has 1 aliphatic heterocycles. The second kappa shape index (κ2) is 9.24. The van der Waals surface area contributed by atoms with Crippen LogP contribution in [0.5, 0.6) is 0 Å². The molecule has 2 aromatic carbocycles. The Morgan fingerprint density at radius 2 is 1.73 bits per heavy atom. The fourth-order valence-corrected chi connectivity index (χ4v) is 4.20. The molecule has 0 aliphatic carbocycles. The summed E-state index contributed by atoms with van der Waals surface area (Å²) in [7, 11) is 0. The summed E-state index contributed by atoms with van der Waals surface area (Å²) in [5.74, 6) is -0.00971. The van der Waals surface area contributed by atoms with Crippen molar-refractivity contribution in [1.29, 1.82) is 0 Å². The highest BCUT2D eigenvalue weighted by Gasteiger charge is 2.20. The summed E-state index contributed by atoms with van der Waals surface area (Å²) in [6.07, 6.45) is 3.85. The summed E-state index contributed by atoms with van der Waals surface area (Å²) in [4.78, 5) is 31.4. The second-order valence-corrected chi connectivity index (χ2v) is 8.15. The molecular weight excluding hydrogens is 414 g/mol. The van der Waals surface area contributed by atoms with E-state index in [4.69, 9.17) is 4.98 Å². The van der Waals surface area contributed by atoms with E-state index >= 15 is 0 Å². The third kappa shape index (κ3) is 4.35. The van der Waals surface area contributed by atoms with Gasteiger partial charge in [0.25, 0.3) is 5.91 Å². The maximum atomic E-state index is 13.0. The largest absolute Gasteiger partial charge is 0.352 e. The Kier molecular flexibility index (Phi) is 5.85. The number of fused-ring (bicyclic) bond motifs is 1. The maximum absolute atomic E-state index is 13.0. The molecule has 3 heterocycles. The van der Waals surface area contributed by atoms with Gasteiger partial charge in [-0.25, -0.2) is 9.50 Å². The summed E-state index contributed by atoms with van der Waals surface area (Å²) < 4.78 is 1.72. The number of likely N-dealkylation sites (tertiary alicyclic amines) is 1. The maximum Gasteiger partial charge on any atom is 0.256 e. The highest BCUT2D eigenvalue weighted by molar-refractivity contribution is 6.00. The summed E-state index contributed by atoms with van der Waals surface area (Å²) in [6.45, 7) is 1.97. The van der Waals surface area contributed by atoms with Crippen LogP contribution in [0.2, 0.25) is 0 Å². The molecule has 2 aromatic heterocycles. The van der Waals surface area contributed by atoms with Gasteiger partial charge in [-0.15, -0.1) is 0 Å². The van der Waals surface area contributed by atoms with E-state index < -0.39 is 0 Å². The van der Waals surface area contributed by atoms with Crippen LogP contribution in [-0.4, -0.2) is 50.9 Å². The molecular formula is C26H25N5O2. The van der Waals surface area contributed by atoms with E-state index in [0.717, 1.165) is 35.5 Å². The Balaban J connectivity index is 1.43. The Bertz CT molecular complexity index is 1280. The molecule has 7 nitrogen and oxygen atoms in total. The molecule has 166 valence electrons. The minimum atomic E-state index is -0.213. The monoisotopic (exact) mass is 439 g/mol. The predicted octanol–water partition coefficient (Wildman–Crippen LogP) is 3.81. The van der Waals surface area contributed by atoms with E-state index in [1.807, 2.05) is 71.6 Å². The first-order valence-electron chi connectivity index (χ1n) is 11.3. The first-order valence-corrected chi connectivity index (χ1v) is 11.3. The van der Waals surface area contributed by atoms with Crippen LogP contribution < -0.4 is 5.32 Å². The van der Waals surface area contributed by atoms with Crippen LogP contribution in [-0.2, 0) is 4.79 Å². The molecule has 1 saturated heterocycles. The van der Waals surface area contributed by atoms with Gasteiger partial charge >= 0.3 is 0 Å². The van der Waals surface area contributed by atoms with Crippen LogP contribution in [0.4, 0.5) is 0 Å². The van der Waals surface area contributed by atoms with Gasteiger partial charge in [-0.05, 0) is 18.9 Å². The number of benzene rings is 2. The Hall–Kier alpha value is -4.00. The van der Waals surface area contributed by atoms with E-state index in [9.17, 15) is 9.59 Å². The van der Waals surface area contributed by atoms with Crippen molar-refractivity contribution in [3.05, 3.63) is 78.5 Å². The Labute approximate surface area is 192 Å². The van der Waals surface area contributed by atoms with Crippen molar-refractivity contribution in [2.45, 2.75) is 19.3 Å². The van der Waals surface area contributed by atoms with Gasteiger partial charge in [0.15, 0.2) is 5.65 Å². The van der Waals surface area contributed by atoms with Crippen LogP contribution in [0.3, 0.4) is 0 Å². The Morgan fingerprint density at radius 3 is 2.42 bits per heavy atom. The number of amides is 2. The van der Waals surface area contributed by atoms with Crippen molar-refractivity contribution in [1.82, 2.24) is 24.8 Å². The number of aromatic nitrogens is 3. The average Bonchev–Trinajstić information content (AvgIpc) is 3.48. The topological polar surface area (TPSA) is 79.6 Å². The van der Waals surface area contributed by atoms with Crippen LogP contribution in [0, 0.1) is 0 Å². The van der Waals surface area contributed by atoms with Gasteiger partial charge in [0.2, 0.25) is 5.91 Å². The zero-order valence-electron chi connectivity index (χ0n) is 18.3. The molecule has 0 bridgehead atoms. The fraction of sp³-hybridized carbons (Fsp3) is 0.231. The first kappa shape index (κ1) is 20.9. The lowest BCUT2D eigenvalue weighted by Crippen LogP contribution is -2.30. The number of hydrogen-bond acceptors (Lipinski definition) is 4. The van der Waals surface area contributed by atoms with Gasteiger partial charge in [-0.3, -0.25) is 9.59 Å². The quantitative estimate of drug-likeness (QED) is 0.444. The van der Waals surface area contributed by atoms with Gasteiger partial charge < -0.3 is 10.2 Å². The third-order valence-corrected chi connectivity index (χ3v) is 5.92. The Morgan fingerprint density at radius 1 is 1.00 bits per heavy atom. The number of carbonyl (C=O) groups is 2. The van der Waals surface area contributed by atoms with Crippen LogP contribution in [0.1, 0.15) is 29.6 Å². The van der Waals surface area contributed by atoms with Crippen molar-refractivity contribution in [2.24, 2.45) is 0 Å². The van der Waals surface area contributed by atoms with Crippen molar-refractivity contribution in [3.8, 4) is 22.5 Å². The number of nitrogens with one attached hydrogen (secondary N) is 1. The summed E-state index contributed by atoms with van der Waals surface area (Å²) in [5.41, 5.74) is 4.56. The standard InChI is InChI=1S/C26H25N5O2/c32-24-13-7-15-30(24)16-8-14-27-26(33)21-18-28-31-23(20-11-5-2-6-12-20)17-22(29-25(21)31)19-9-3-1-4-10-19/h1-6,9-12,17-18H,7-8,13-16H2,(H,27,33). The number of rotatable bonds is 7. The molecule has 7 heteroatoms. The van der Waals surface area contributed by atoms with Crippen molar-refractivity contribution < 1.29 is 9.59 Å². The van der Waals surface area contributed by atoms with Crippen LogP contribution in [0.15, 0.2) is 72.9 Å². The first-order chi connectivity index (χ1) is 16.2. The number of nitrogens with zero attached hydrogens (tertiary/aromatic N) is 4. The lowest BCUT2D eigenvalue weighted by Gasteiger charge is -2.15. The van der Waals surface area contributed by atoms with E-state index in [2.05, 4.69) is 10.4 Å². The number of carbonyl (C=O) groups excluding carboxylic acids is 2. The molecule has 1 N–H and O–H groups in total. The summed E-state index contributed by atoms with van der Waals surface area (Å²) in [6, 6.07) is 21.9. The molecule has 0 spiro atoms. The lowest BCUT2D eigenvalue weighted by atomic mass is 10.1. The minimum Gasteiger partial charge on any atom is -0.352 e. The van der Waals surface area contributed by atoms with Crippen LogP contribution in [0.25, 0.3) is 28.2 Å². The SMILES string of the molecule is O=C(NCCCN1CCCC1=O)c1cnn2c(-c3ccccc3)cc(-c3ccccc3)nc12. The van der Waals surface area contributed by atoms with Crippen molar-refractivity contribution in [2.75, 3.05) is 19.6 Å². The third-order valence-electron chi connectivity index (χ3n) is 5.92. The van der Waals surface area contributed by atoms with Gasteiger partial charge in [0.05, 0.1) is 17.6 Å². The summed E-state index contributed by atoms with van der Waals surface area (Å²) in [5, 5.41) is 7.46. The van der Waals surface area contributed by atoms with Gasteiger partial charge in [0, 0.05) is 37.2 Å². The molecule has 33 heavy (non-hydrogen) atoms. The molecule has 0 atom stereocenters. The summed E-state index contributed by atoms with van der Waals surface area (Å²) >= 11 is 0. The average molecular weight is 440 g/mol. The number of hydrogen-bond donors (Lipinski definition) is 1. The lowest BCUT2D eigenvalue weighted by molar-refractivity contribution is -0.127. The highest BCUT2D eigenvalue weighted by Crippen LogP contribution is 2.27. The molecule has 1 aliphatic rings. The van der Waals surface area contributed by atoms with Crippen LogP contribution >= 0.6 is 0 Å². The molecule has 5 rings (SSSR count). The molecule has 0 saturated carbocycles. The van der Waals surface area contributed by atoms with Gasteiger partial charge in [-0.1, -0.05) is 60.7 Å². The normalized spacial score (nSPS) is 13.6. The van der Waals surface area contributed by atoms with Gasteiger partial charge in [-0.2, -0.15) is 5.10 Å². The zero-order chi connectivity index (χ0) is 22.6. The van der Waals surface area contributed by atoms with E-state index in [0.29, 0.717) is 37.1 Å². The zero-order valence-corrected chi connectivity index (χ0v) is 18.3. The fourth-order valence-electron chi connectivity index (χ4n) is 4.20. The highest BCUT2D eigenvalue weighted by atomic mass is 16.2. The van der Waals surface area contributed by atoms with E-state index in [-0.39, 0.29) is 11.8 Å². The molecule has 4 aromatic rings. The van der Waals surface area contributed by atoms with E-state index in [1.54, 1.807) is 10.7 Å². The molecule has 2 amide bonds.